The first-order valence-corrected chi connectivity index (χ1v) is 5.46. The third-order valence-corrected chi connectivity index (χ3v) is 2.95. The number of halogens is 1. The maximum atomic E-state index is 13.3. The van der Waals surface area contributed by atoms with Gasteiger partial charge in [0.1, 0.15) is 5.82 Å². The molecule has 0 aliphatic carbocycles. The van der Waals surface area contributed by atoms with E-state index in [1.807, 2.05) is 0 Å². The minimum absolute atomic E-state index is 0.0173. The Hall–Kier alpha value is -1.42. The van der Waals surface area contributed by atoms with Crippen molar-refractivity contribution in [3.05, 3.63) is 35.6 Å². The highest BCUT2D eigenvalue weighted by Gasteiger charge is 2.27. The second-order valence-corrected chi connectivity index (χ2v) is 4.06. The van der Waals surface area contributed by atoms with E-state index in [2.05, 4.69) is 0 Å². The van der Waals surface area contributed by atoms with E-state index in [1.165, 1.54) is 6.07 Å². The number of rotatable bonds is 3. The van der Waals surface area contributed by atoms with Crippen LogP contribution in [-0.2, 0) is 11.2 Å². The van der Waals surface area contributed by atoms with Crippen LogP contribution < -0.4 is 5.73 Å². The summed E-state index contributed by atoms with van der Waals surface area (Å²) in [6.45, 7) is 1.24. The lowest BCUT2D eigenvalue weighted by Gasteiger charge is -2.15. The van der Waals surface area contributed by atoms with Gasteiger partial charge in [0.2, 0.25) is 5.91 Å². The predicted octanol–water partition coefficient (Wildman–Crippen LogP) is 0.928. The zero-order valence-electron chi connectivity index (χ0n) is 9.03. The fourth-order valence-electron chi connectivity index (χ4n) is 1.94. The van der Waals surface area contributed by atoms with Crippen molar-refractivity contribution in [1.29, 1.82) is 0 Å². The third kappa shape index (κ3) is 2.22. The van der Waals surface area contributed by atoms with Gasteiger partial charge >= 0.3 is 0 Å². The lowest BCUT2D eigenvalue weighted by Crippen LogP contribution is -2.35. The molecule has 4 heteroatoms. The highest BCUT2D eigenvalue weighted by Crippen LogP contribution is 2.12. The molecule has 1 aromatic carbocycles. The summed E-state index contributed by atoms with van der Waals surface area (Å²) < 4.78 is 13.3. The fraction of sp³-hybridized carbons (Fsp3) is 0.417. The van der Waals surface area contributed by atoms with Crippen molar-refractivity contribution in [2.45, 2.75) is 18.9 Å². The van der Waals surface area contributed by atoms with Gasteiger partial charge in [-0.3, -0.25) is 4.79 Å². The Bertz CT molecular complexity index is 394. The zero-order chi connectivity index (χ0) is 11.5. The molecule has 1 aliphatic rings. The standard InChI is InChI=1S/C12H15FN2O/c13-10-4-2-1-3-9(10)5-7-15-8-6-11(14)12(15)16/h1-4,11H,5-8,14H2. The first kappa shape index (κ1) is 11.1. The SMILES string of the molecule is NC1CCN(CCc2ccccc2F)C1=O. The summed E-state index contributed by atoms with van der Waals surface area (Å²) in [6.07, 6.45) is 1.25. The molecule has 1 fully saturated rings. The maximum Gasteiger partial charge on any atom is 0.239 e. The molecule has 1 aromatic rings. The smallest absolute Gasteiger partial charge is 0.239 e. The van der Waals surface area contributed by atoms with E-state index in [0.717, 1.165) is 0 Å². The third-order valence-electron chi connectivity index (χ3n) is 2.95. The molecule has 2 N–H and O–H groups in total. The number of likely N-dealkylation sites (tertiary alicyclic amines) is 1. The van der Waals surface area contributed by atoms with Gasteiger partial charge in [0, 0.05) is 13.1 Å². The molecule has 1 saturated heterocycles. The Kier molecular flexibility index (Phi) is 3.19. The minimum Gasteiger partial charge on any atom is -0.341 e. The second kappa shape index (κ2) is 4.61. The molecule has 0 saturated carbocycles. The Balaban J connectivity index is 1.93. The average molecular weight is 222 g/mol. The molecule has 3 nitrogen and oxygen atoms in total. The van der Waals surface area contributed by atoms with Gasteiger partial charge in [-0.05, 0) is 24.5 Å². The van der Waals surface area contributed by atoms with Crippen molar-refractivity contribution in [3.63, 3.8) is 0 Å². The Labute approximate surface area is 94.0 Å². The highest BCUT2D eigenvalue weighted by atomic mass is 19.1. The van der Waals surface area contributed by atoms with Crippen LogP contribution >= 0.6 is 0 Å². The van der Waals surface area contributed by atoms with Gasteiger partial charge in [-0.2, -0.15) is 0 Å². The molecule has 86 valence electrons. The maximum absolute atomic E-state index is 13.3. The van der Waals surface area contributed by atoms with Crippen LogP contribution in [-0.4, -0.2) is 29.9 Å². The van der Waals surface area contributed by atoms with Crippen LogP contribution in [0.1, 0.15) is 12.0 Å². The van der Waals surface area contributed by atoms with Gasteiger partial charge in [0.05, 0.1) is 6.04 Å². The topological polar surface area (TPSA) is 46.3 Å². The Morgan fingerprint density at radius 2 is 2.19 bits per heavy atom. The van der Waals surface area contributed by atoms with Gasteiger partial charge in [0.15, 0.2) is 0 Å². The van der Waals surface area contributed by atoms with Crippen molar-refractivity contribution < 1.29 is 9.18 Å². The van der Waals surface area contributed by atoms with Crippen LogP contribution in [0.3, 0.4) is 0 Å². The van der Waals surface area contributed by atoms with Gasteiger partial charge in [-0.25, -0.2) is 4.39 Å². The van der Waals surface area contributed by atoms with Gasteiger partial charge in [0.25, 0.3) is 0 Å². The number of nitrogens with zero attached hydrogens (tertiary/aromatic N) is 1. The molecular formula is C12H15FN2O. The van der Waals surface area contributed by atoms with Crippen molar-refractivity contribution in [2.24, 2.45) is 5.73 Å². The van der Waals surface area contributed by atoms with Crippen LogP contribution in [0.15, 0.2) is 24.3 Å². The number of carbonyl (C=O) groups is 1. The molecule has 1 heterocycles. The molecule has 0 aromatic heterocycles. The lowest BCUT2D eigenvalue weighted by molar-refractivity contribution is -0.128. The van der Waals surface area contributed by atoms with Crippen molar-refractivity contribution in [1.82, 2.24) is 4.90 Å². The summed E-state index contributed by atoms with van der Waals surface area (Å²) in [5.74, 6) is -0.227. The van der Waals surface area contributed by atoms with E-state index in [4.69, 9.17) is 5.73 Å². The van der Waals surface area contributed by atoms with Gasteiger partial charge in [-0.15, -0.1) is 0 Å². The van der Waals surface area contributed by atoms with Crippen molar-refractivity contribution in [2.75, 3.05) is 13.1 Å². The van der Waals surface area contributed by atoms with Crippen LogP contribution in [0, 0.1) is 5.82 Å². The molecule has 0 bridgehead atoms. The molecule has 0 spiro atoms. The summed E-state index contributed by atoms with van der Waals surface area (Å²) >= 11 is 0. The number of hydrogen-bond donors (Lipinski definition) is 1. The molecule has 2 rings (SSSR count). The molecule has 16 heavy (non-hydrogen) atoms. The molecule has 0 radical (unpaired) electrons. The fourth-order valence-corrected chi connectivity index (χ4v) is 1.94. The van der Waals surface area contributed by atoms with Crippen LogP contribution in [0.5, 0.6) is 0 Å². The largest absolute Gasteiger partial charge is 0.341 e. The second-order valence-electron chi connectivity index (χ2n) is 4.06. The predicted molar refractivity (Wildman–Crippen MR) is 59.3 cm³/mol. The zero-order valence-corrected chi connectivity index (χ0v) is 9.03. The number of amides is 1. The summed E-state index contributed by atoms with van der Waals surface area (Å²) in [6, 6.07) is 6.29. The van der Waals surface area contributed by atoms with Crippen molar-refractivity contribution >= 4 is 5.91 Å². The van der Waals surface area contributed by atoms with Crippen LogP contribution in [0.25, 0.3) is 0 Å². The van der Waals surface area contributed by atoms with E-state index in [0.29, 0.717) is 31.5 Å². The average Bonchev–Trinajstić information content (AvgIpc) is 2.59. The van der Waals surface area contributed by atoms with E-state index in [-0.39, 0.29) is 17.8 Å². The Morgan fingerprint density at radius 3 is 2.81 bits per heavy atom. The number of carbonyl (C=O) groups excluding carboxylic acids is 1. The number of benzene rings is 1. The van der Waals surface area contributed by atoms with Crippen molar-refractivity contribution in [3.8, 4) is 0 Å². The molecule has 1 unspecified atom stereocenters. The highest BCUT2D eigenvalue weighted by molar-refractivity contribution is 5.83. The summed E-state index contributed by atoms with van der Waals surface area (Å²) in [4.78, 5) is 13.2. The summed E-state index contributed by atoms with van der Waals surface area (Å²) in [7, 11) is 0. The van der Waals surface area contributed by atoms with Crippen LogP contribution in [0.2, 0.25) is 0 Å². The summed E-state index contributed by atoms with van der Waals surface area (Å²) in [5.41, 5.74) is 6.25. The van der Waals surface area contributed by atoms with Crippen LogP contribution in [0.4, 0.5) is 4.39 Å². The van der Waals surface area contributed by atoms with Gasteiger partial charge in [-0.1, -0.05) is 18.2 Å². The monoisotopic (exact) mass is 222 g/mol. The molecule has 1 aliphatic heterocycles. The normalized spacial score (nSPS) is 20.5. The first-order chi connectivity index (χ1) is 7.68. The number of hydrogen-bond acceptors (Lipinski definition) is 2. The molecule has 1 amide bonds. The molecular weight excluding hydrogens is 207 g/mol. The number of nitrogens with two attached hydrogens (primary N) is 1. The van der Waals surface area contributed by atoms with E-state index in [9.17, 15) is 9.18 Å². The first-order valence-electron chi connectivity index (χ1n) is 5.46. The quantitative estimate of drug-likeness (QED) is 0.827. The summed E-state index contributed by atoms with van der Waals surface area (Å²) in [5, 5.41) is 0. The minimum atomic E-state index is -0.361. The van der Waals surface area contributed by atoms with E-state index < -0.39 is 0 Å². The van der Waals surface area contributed by atoms with Gasteiger partial charge < -0.3 is 10.6 Å². The molecule has 1 atom stereocenters. The Morgan fingerprint density at radius 1 is 1.44 bits per heavy atom. The van der Waals surface area contributed by atoms with E-state index >= 15 is 0 Å². The lowest BCUT2D eigenvalue weighted by atomic mass is 10.1. The van der Waals surface area contributed by atoms with E-state index in [1.54, 1.807) is 23.1 Å².